The third-order valence-corrected chi connectivity index (χ3v) is 2.82. The SMILES string of the molecule is CCn1c(=O)oc2cc(C(=O)C(F)(F)C(F)F)ccc21. The quantitative estimate of drug-likeness (QED) is 0.643. The molecule has 0 saturated heterocycles. The number of ketones is 1. The molecule has 0 bridgehead atoms. The maximum Gasteiger partial charge on any atom is 0.419 e. The van der Waals surface area contributed by atoms with Gasteiger partial charge in [0.15, 0.2) is 5.58 Å². The number of alkyl halides is 4. The van der Waals surface area contributed by atoms with Crippen LogP contribution in [0.3, 0.4) is 0 Å². The molecule has 0 amide bonds. The van der Waals surface area contributed by atoms with Crippen LogP contribution in [0, 0.1) is 0 Å². The molecule has 8 heteroatoms. The van der Waals surface area contributed by atoms with E-state index in [0.717, 1.165) is 12.1 Å². The normalized spacial score (nSPS) is 12.3. The Morgan fingerprint density at radius 3 is 2.60 bits per heavy atom. The Labute approximate surface area is 109 Å². The zero-order valence-electron chi connectivity index (χ0n) is 10.2. The fourth-order valence-electron chi connectivity index (χ4n) is 1.80. The molecule has 0 atom stereocenters. The zero-order chi connectivity index (χ0) is 15.1. The number of hydrogen-bond donors (Lipinski definition) is 0. The number of halogens is 4. The molecule has 0 N–H and O–H groups in total. The number of rotatable bonds is 4. The van der Waals surface area contributed by atoms with Crippen LogP contribution in [-0.2, 0) is 6.54 Å². The molecule has 1 aromatic carbocycles. The Balaban J connectivity index is 2.53. The molecule has 108 valence electrons. The maximum atomic E-state index is 13.0. The Kier molecular flexibility index (Phi) is 3.41. The molecule has 4 nitrogen and oxygen atoms in total. The summed E-state index contributed by atoms with van der Waals surface area (Å²) in [7, 11) is 0. The Morgan fingerprint density at radius 2 is 2.05 bits per heavy atom. The van der Waals surface area contributed by atoms with Crippen molar-refractivity contribution < 1.29 is 26.8 Å². The number of nitrogens with zero attached hydrogens (tertiary/aromatic N) is 1. The molecule has 0 aliphatic carbocycles. The first-order chi connectivity index (χ1) is 9.28. The first-order valence-corrected chi connectivity index (χ1v) is 5.63. The number of aryl methyl sites for hydroxylation is 1. The van der Waals surface area contributed by atoms with Crippen LogP contribution in [0.25, 0.3) is 11.1 Å². The van der Waals surface area contributed by atoms with Crippen molar-refractivity contribution in [2.45, 2.75) is 25.8 Å². The summed E-state index contributed by atoms with van der Waals surface area (Å²) in [4.78, 5) is 22.8. The van der Waals surface area contributed by atoms with Gasteiger partial charge in [0, 0.05) is 12.1 Å². The fourth-order valence-corrected chi connectivity index (χ4v) is 1.80. The molecule has 1 aromatic heterocycles. The molecule has 0 saturated carbocycles. The number of aromatic nitrogens is 1. The summed E-state index contributed by atoms with van der Waals surface area (Å²) in [5.41, 5.74) is -0.443. The first-order valence-electron chi connectivity index (χ1n) is 5.63. The van der Waals surface area contributed by atoms with Crippen LogP contribution in [-0.4, -0.2) is 22.7 Å². The Bertz CT molecular complexity index is 717. The van der Waals surface area contributed by atoms with Gasteiger partial charge in [-0.2, -0.15) is 8.78 Å². The lowest BCUT2D eigenvalue weighted by molar-refractivity contribution is -0.0958. The van der Waals surface area contributed by atoms with Gasteiger partial charge in [-0.15, -0.1) is 0 Å². The second-order valence-electron chi connectivity index (χ2n) is 4.05. The highest BCUT2D eigenvalue weighted by atomic mass is 19.3. The van der Waals surface area contributed by atoms with Gasteiger partial charge >= 0.3 is 18.1 Å². The van der Waals surface area contributed by atoms with Gasteiger partial charge in [-0.1, -0.05) is 0 Å². The van der Waals surface area contributed by atoms with Gasteiger partial charge in [0.2, 0.25) is 5.78 Å². The smallest absolute Gasteiger partial charge is 0.408 e. The summed E-state index contributed by atoms with van der Waals surface area (Å²) in [6.45, 7) is 1.95. The Hall–Kier alpha value is -2.12. The predicted octanol–water partition coefficient (Wildman–Crippen LogP) is 2.70. The van der Waals surface area contributed by atoms with E-state index >= 15 is 0 Å². The first kappa shape index (κ1) is 14.3. The van der Waals surface area contributed by atoms with Crippen LogP contribution in [0.15, 0.2) is 27.4 Å². The highest BCUT2D eigenvalue weighted by molar-refractivity contribution is 6.03. The minimum atomic E-state index is -4.78. The fraction of sp³-hybridized carbons (Fsp3) is 0.333. The van der Waals surface area contributed by atoms with Gasteiger partial charge in [0.25, 0.3) is 0 Å². The highest BCUT2D eigenvalue weighted by Crippen LogP contribution is 2.28. The van der Waals surface area contributed by atoms with Crippen molar-refractivity contribution in [3.8, 4) is 0 Å². The molecule has 20 heavy (non-hydrogen) atoms. The van der Waals surface area contributed by atoms with E-state index in [4.69, 9.17) is 4.42 Å². The van der Waals surface area contributed by atoms with Crippen LogP contribution in [0.4, 0.5) is 17.6 Å². The third-order valence-electron chi connectivity index (χ3n) is 2.82. The predicted molar refractivity (Wildman–Crippen MR) is 61.4 cm³/mol. The minimum absolute atomic E-state index is 0.104. The molecule has 0 aliphatic rings. The molecule has 2 rings (SSSR count). The van der Waals surface area contributed by atoms with Gasteiger partial charge in [-0.05, 0) is 25.1 Å². The van der Waals surface area contributed by atoms with Gasteiger partial charge in [0.1, 0.15) is 0 Å². The minimum Gasteiger partial charge on any atom is -0.408 e. The summed E-state index contributed by atoms with van der Waals surface area (Å²) < 4.78 is 56.2. The van der Waals surface area contributed by atoms with E-state index in [1.54, 1.807) is 6.92 Å². The standard InChI is InChI=1S/C12H9F4NO3/c1-2-17-7-4-3-6(5-8(7)20-11(17)19)9(18)12(15,16)10(13)14/h3-5,10H,2H2,1H3. The average Bonchev–Trinajstić information content (AvgIpc) is 2.71. The van der Waals surface area contributed by atoms with Gasteiger partial charge in [0.05, 0.1) is 5.52 Å². The van der Waals surface area contributed by atoms with Crippen molar-refractivity contribution in [3.05, 3.63) is 34.3 Å². The van der Waals surface area contributed by atoms with E-state index in [0.29, 0.717) is 5.52 Å². The van der Waals surface area contributed by atoms with Crippen LogP contribution in [0.2, 0.25) is 0 Å². The molecule has 0 fully saturated rings. The number of carbonyl (C=O) groups excluding carboxylic acids is 1. The molecule has 1 heterocycles. The lowest BCUT2D eigenvalue weighted by atomic mass is 10.1. The summed E-state index contributed by atoms with van der Waals surface area (Å²) in [5, 5.41) is 0. The van der Waals surface area contributed by atoms with Crippen LogP contribution in [0.1, 0.15) is 17.3 Å². The molecule has 0 unspecified atom stereocenters. The number of benzene rings is 1. The summed E-state index contributed by atoms with van der Waals surface area (Å²) >= 11 is 0. The van der Waals surface area contributed by atoms with Crippen molar-refractivity contribution >= 4 is 16.9 Å². The van der Waals surface area contributed by atoms with Crippen molar-refractivity contribution in [3.63, 3.8) is 0 Å². The van der Waals surface area contributed by atoms with Crippen molar-refractivity contribution in [2.24, 2.45) is 0 Å². The topological polar surface area (TPSA) is 52.2 Å². The van der Waals surface area contributed by atoms with E-state index in [2.05, 4.69) is 0 Å². The van der Waals surface area contributed by atoms with E-state index in [9.17, 15) is 27.2 Å². The maximum absolute atomic E-state index is 13.0. The van der Waals surface area contributed by atoms with Gasteiger partial charge < -0.3 is 4.42 Å². The van der Waals surface area contributed by atoms with Crippen molar-refractivity contribution in [2.75, 3.05) is 0 Å². The van der Waals surface area contributed by atoms with Gasteiger partial charge in [-0.3, -0.25) is 9.36 Å². The lowest BCUT2D eigenvalue weighted by Crippen LogP contribution is -2.36. The summed E-state index contributed by atoms with van der Waals surface area (Å²) in [5.74, 6) is -7.50. The molecular weight excluding hydrogens is 282 g/mol. The molecule has 0 spiro atoms. The molecular formula is C12H9F4NO3. The monoisotopic (exact) mass is 291 g/mol. The van der Waals surface area contributed by atoms with E-state index in [-0.39, 0.29) is 12.1 Å². The van der Waals surface area contributed by atoms with Crippen LogP contribution >= 0.6 is 0 Å². The lowest BCUT2D eigenvalue weighted by Gasteiger charge is -2.13. The van der Waals surface area contributed by atoms with E-state index in [1.165, 1.54) is 10.6 Å². The number of fused-ring (bicyclic) bond motifs is 1. The van der Waals surface area contributed by atoms with Crippen molar-refractivity contribution in [1.29, 1.82) is 0 Å². The van der Waals surface area contributed by atoms with Crippen molar-refractivity contribution in [1.82, 2.24) is 4.57 Å². The second-order valence-corrected chi connectivity index (χ2v) is 4.05. The summed E-state index contributed by atoms with van der Waals surface area (Å²) in [6.07, 6.45) is -4.10. The van der Waals surface area contributed by atoms with Crippen LogP contribution < -0.4 is 5.76 Å². The van der Waals surface area contributed by atoms with Crippen LogP contribution in [0.5, 0.6) is 0 Å². The van der Waals surface area contributed by atoms with E-state index in [1.807, 2.05) is 0 Å². The highest BCUT2D eigenvalue weighted by Gasteiger charge is 2.49. The number of hydrogen-bond acceptors (Lipinski definition) is 3. The molecule has 0 aliphatic heterocycles. The second kappa shape index (κ2) is 4.77. The van der Waals surface area contributed by atoms with E-state index < -0.39 is 29.5 Å². The molecule has 0 radical (unpaired) electrons. The van der Waals surface area contributed by atoms with Gasteiger partial charge in [-0.25, -0.2) is 13.6 Å². The number of carbonyl (C=O) groups is 1. The zero-order valence-corrected chi connectivity index (χ0v) is 10.2. The third kappa shape index (κ3) is 2.10. The molecule has 2 aromatic rings. The largest absolute Gasteiger partial charge is 0.419 e. The Morgan fingerprint density at radius 1 is 1.40 bits per heavy atom. The number of Topliss-reactive ketones (excluding diaryl/α,β-unsaturated/α-hetero) is 1. The summed E-state index contributed by atoms with van der Waals surface area (Å²) in [6, 6.07) is 3.03. The number of oxazole rings is 1. The average molecular weight is 291 g/mol.